The summed E-state index contributed by atoms with van der Waals surface area (Å²) in [4.78, 5) is 20.9. The molecule has 3 aromatic heterocycles. The third kappa shape index (κ3) is 4.29. The van der Waals surface area contributed by atoms with Crippen LogP contribution in [0.3, 0.4) is 0 Å². The van der Waals surface area contributed by atoms with Crippen LogP contribution in [0.1, 0.15) is 31.7 Å². The van der Waals surface area contributed by atoms with Crippen LogP contribution in [-0.4, -0.2) is 14.5 Å². The van der Waals surface area contributed by atoms with E-state index in [0.717, 1.165) is 58.9 Å². The minimum atomic E-state index is -0.388. The fraction of sp³-hybridized carbons (Fsp3) is 0.222. The first-order valence-electron chi connectivity index (χ1n) is 11.4. The highest BCUT2D eigenvalue weighted by Gasteiger charge is 2.18. The van der Waals surface area contributed by atoms with Crippen LogP contribution in [-0.2, 0) is 6.54 Å². The van der Waals surface area contributed by atoms with E-state index in [2.05, 4.69) is 27.7 Å². The number of fused-ring (bicyclic) bond motifs is 2. The van der Waals surface area contributed by atoms with Crippen molar-refractivity contribution in [1.29, 1.82) is 0 Å². The average Bonchev–Trinajstić information content (AvgIpc) is 3.19. The number of aryl methyl sites for hydroxylation is 2. The molecule has 7 heteroatoms. The highest BCUT2D eigenvalue weighted by atomic mass is 35.5. The van der Waals surface area contributed by atoms with E-state index >= 15 is 0 Å². The quantitative estimate of drug-likeness (QED) is 0.185. The first kappa shape index (κ1) is 22.2. The molecule has 0 atom stereocenters. The topological polar surface area (TPSA) is 70.2 Å². The first-order chi connectivity index (χ1) is 16.5. The second-order valence-electron chi connectivity index (χ2n) is 8.34. The van der Waals surface area contributed by atoms with Gasteiger partial charge in [-0.3, -0.25) is 0 Å². The van der Waals surface area contributed by atoms with Crippen LogP contribution < -0.4 is 10.4 Å². The largest absolute Gasteiger partial charge is 0.438 e. The number of ether oxygens (including phenoxy) is 1. The maximum absolute atomic E-state index is 11.8. The Kier molecular flexibility index (Phi) is 6.07. The molecule has 0 fully saturated rings. The number of rotatable bonds is 7. The van der Waals surface area contributed by atoms with Crippen molar-refractivity contribution in [3.8, 4) is 22.8 Å². The summed E-state index contributed by atoms with van der Waals surface area (Å²) in [5, 5.41) is 2.37. The summed E-state index contributed by atoms with van der Waals surface area (Å²) in [5.74, 6) is 0.973. The van der Waals surface area contributed by atoms with E-state index in [9.17, 15) is 4.79 Å². The summed E-state index contributed by atoms with van der Waals surface area (Å²) in [7, 11) is 0. The maximum Gasteiger partial charge on any atom is 0.336 e. The number of hydrogen-bond acceptors (Lipinski definition) is 5. The van der Waals surface area contributed by atoms with Crippen LogP contribution >= 0.6 is 11.6 Å². The van der Waals surface area contributed by atoms with Gasteiger partial charge in [0.15, 0.2) is 0 Å². The molecule has 0 aliphatic rings. The van der Waals surface area contributed by atoms with E-state index in [-0.39, 0.29) is 5.63 Å². The Balaban J connectivity index is 1.63. The van der Waals surface area contributed by atoms with Gasteiger partial charge in [0.25, 0.3) is 0 Å². The second-order valence-corrected chi connectivity index (χ2v) is 8.77. The van der Waals surface area contributed by atoms with Crippen LogP contribution in [0.5, 0.6) is 11.6 Å². The van der Waals surface area contributed by atoms with Gasteiger partial charge in [0.05, 0.1) is 5.39 Å². The van der Waals surface area contributed by atoms with Crippen molar-refractivity contribution in [2.24, 2.45) is 0 Å². The van der Waals surface area contributed by atoms with Gasteiger partial charge in [-0.25, -0.2) is 14.8 Å². The van der Waals surface area contributed by atoms with E-state index < -0.39 is 0 Å². The van der Waals surface area contributed by atoms with Crippen LogP contribution in [0.25, 0.3) is 33.1 Å². The summed E-state index contributed by atoms with van der Waals surface area (Å²) in [6.45, 7) is 4.93. The standard InChI is InChI=1S/C27H24ClN3O3/c1-3-4-5-12-31-15-22(18-6-8-19(28)9-7-18)25-26(31)29-16-30-27(25)33-20-10-11-21-17(2)13-24(32)34-23(21)14-20/h6-11,13-16H,3-5,12H2,1-2H3. The molecule has 3 heterocycles. The minimum absolute atomic E-state index is 0.388. The Labute approximate surface area is 201 Å². The molecule has 0 bridgehead atoms. The third-order valence-corrected chi connectivity index (χ3v) is 6.17. The zero-order valence-electron chi connectivity index (χ0n) is 19.0. The van der Waals surface area contributed by atoms with Gasteiger partial charge in [-0.2, -0.15) is 0 Å². The Morgan fingerprint density at radius 1 is 1.06 bits per heavy atom. The number of benzene rings is 2. The molecule has 0 unspecified atom stereocenters. The Morgan fingerprint density at radius 2 is 1.88 bits per heavy atom. The molecule has 0 saturated heterocycles. The van der Waals surface area contributed by atoms with Gasteiger partial charge < -0.3 is 13.7 Å². The van der Waals surface area contributed by atoms with Gasteiger partial charge >= 0.3 is 5.63 Å². The fourth-order valence-electron chi connectivity index (χ4n) is 4.20. The Hall–Kier alpha value is -3.64. The number of hydrogen-bond donors (Lipinski definition) is 0. The van der Waals surface area contributed by atoms with Gasteiger partial charge in [0.1, 0.15) is 23.3 Å². The van der Waals surface area contributed by atoms with E-state index in [1.54, 1.807) is 6.07 Å². The number of nitrogens with zero attached hydrogens (tertiary/aromatic N) is 3. The van der Waals surface area contributed by atoms with Crippen molar-refractivity contribution >= 4 is 33.6 Å². The zero-order valence-corrected chi connectivity index (χ0v) is 19.8. The summed E-state index contributed by atoms with van der Waals surface area (Å²) in [6.07, 6.45) is 6.97. The third-order valence-electron chi connectivity index (χ3n) is 5.91. The van der Waals surface area contributed by atoms with Crippen LogP contribution in [0.2, 0.25) is 5.02 Å². The molecule has 5 rings (SSSR count). The SMILES string of the molecule is CCCCCn1cc(-c2ccc(Cl)cc2)c2c(Oc3ccc4c(C)cc(=O)oc4c3)ncnc21. The molecule has 2 aromatic carbocycles. The molecule has 34 heavy (non-hydrogen) atoms. The maximum atomic E-state index is 11.8. The zero-order chi connectivity index (χ0) is 23.7. The van der Waals surface area contributed by atoms with Crippen LogP contribution in [0, 0.1) is 6.92 Å². The number of unbranched alkanes of at least 4 members (excludes halogenated alkanes) is 2. The number of halogens is 1. The summed E-state index contributed by atoms with van der Waals surface area (Å²) >= 11 is 6.13. The molecule has 6 nitrogen and oxygen atoms in total. The van der Waals surface area contributed by atoms with E-state index in [0.29, 0.717) is 22.2 Å². The van der Waals surface area contributed by atoms with Crippen LogP contribution in [0.4, 0.5) is 0 Å². The monoisotopic (exact) mass is 473 g/mol. The molecular formula is C27H24ClN3O3. The van der Waals surface area contributed by atoms with Gasteiger partial charge in [0, 0.05) is 40.8 Å². The van der Waals surface area contributed by atoms with Gasteiger partial charge in [0.2, 0.25) is 5.88 Å². The van der Waals surface area contributed by atoms with Crippen molar-refractivity contribution in [2.45, 2.75) is 39.7 Å². The molecule has 0 amide bonds. The van der Waals surface area contributed by atoms with Crippen molar-refractivity contribution in [3.05, 3.63) is 82.1 Å². The molecule has 0 saturated carbocycles. The Morgan fingerprint density at radius 3 is 2.68 bits per heavy atom. The van der Waals surface area contributed by atoms with Crippen molar-refractivity contribution in [2.75, 3.05) is 0 Å². The molecule has 0 aliphatic heterocycles. The molecule has 0 N–H and O–H groups in total. The Bertz CT molecular complexity index is 1540. The second kappa shape index (κ2) is 9.31. The first-order valence-corrected chi connectivity index (χ1v) is 11.7. The predicted octanol–water partition coefficient (Wildman–Crippen LogP) is 7.15. The highest BCUT2D eigenvalue weighted by Crippen LogP contribution is 2.37. The lowest BCUT2D eigenvalue weighted by molar-refractivity contribution is 0.466. The lowest BCUT2D eigenvalue weighted by Crippen LogP contribution is -1.99. The fourth-order valence-corrected chi connectivity index (χ4v) is 4.33. The summed E-state index contributed by atoms with van der Waals surface area (Å²) in [5.41, 5.74) is 3.74. The lowest BCUT2D eigenvalue weighted by atomic mass is 10.1. The molecule has 0 spiro atoms. The average molecular weight is 474 g/mol. The molecular weight excluding hydrogens is 450 g/mol. The number of aromatic nitrogens is 3. The highest BCUT2D eigenvalue weighted by molar-refractivity contribution is 6.30. The van der Waals surface area contributed by atoms with E-state index in [1.165, 1.54) is 12.4 Å². The van der Waals surface area contributed by atoms with Gasteiger partial charge in [-0.15, -0.1) is 0 Å². The molecule has 0 aliphatic carbocycles. The smallest absolute Gasteiger partial charge is 0.336 e. The van der Waals surface area contributed by atoms with Crippen molar-refractivity contribution in [3.63, 3.8) is 0 Å². The van der Waals surface area contributed by atoms with E-state index in [1.807, 2.05) is 43.3 Å². The lowest BCUT2D eigenvalue weighted by Gasteiger charge is -2.09. The van der Waals surface area contributed by atoms with Gasteiger partial charge in [-0.1, -0.05) is 43.5 Å². The minimum Gasteiger partial charge on any atom is -0.438 e. The molecule has 5 aromatic rings. The normalized spacial score (nSPS) is 11.4. The predicted molar refractivity (Wildman–Crippen MR) is 135 cm³/mol. The van der Waals surface area contributed by atoms with Crippen molar-refractivity contribution in [1.82, 2.24) is 14.5 Å². The summed E-state index contributed by atoms with van der Waals surface area (Å²) in [6, 6.07) is 14.6. The molecule has 0 radical (unpaired) electrons. The molecule has 172 valence electrons. The summed E-state index contributed by atoms with van der Waals surface area (Å²) < 4.78 is 13.8. The van der Waals surface area contributed by atoms with Gasteiger partial charge in [-0.05, 0) is 48.7 Å². The van der Waals surface area contributed by atoms with E-state index in [4.69, 9.17) is 20.8 Å². The van der Waals surface area contributed by atoms with Crippen LogP contribution in [0.15, 0.2) is 70.3 Å². The van der Waals surface area contributed by atoms with Crippen molar-refractivity contribution < 1.29 is 9.15 Å².